The molecule has 8 aromatic heterocycles. The molecule has 0 N–H and O–H groups in total. The van der Waals surface area contributed by atoms with Gasteiger partial charge in [-0.1, -0.05) is 285 Å². The van der Waals surface area contributed by atoms with Crippen LogP contribution in [-0.2, 0) is 0 Å². The third kappa shape index (κ3) is 11.4. The maximum absolute atomic E-state index is 5.21. The van der Waals surface area contributed by atoms with Crippen LogP contribution in [0.1, 0.15) is 0 Å². The Morgan fingerprint density at radius 1 is 0.139 bits per heavy atom. The fraction of sp³-hybridized carbons (Fsp3) is 0. The zero-order valence-electron chi connectivity index (χ0n) is 65.7. The van der Waals surface area contributed by atoms with Crippen LogP contribution in [0.15, 0.2) is 401 Å². The highest BCUT2D eigenvalue weighted by Crippen LogP contribution is 2.45. The van der Waals surface area contributed by atoms with E-state index in [4.69, 9.17) is 29.9 Å². The van der Waals surface area contributed by atoms with Crippen molar-refractivity contribution < 1.29 is 0 Å². The SMILES string of the molecule is c1cnc2c(c1)ccc1ccc(-c3ccc(-c4ccc5cc(-c6ccc7nc(-c8ccc9c%10ccccc%10c%10ccccc%10c9c8)ccc7c6)ccc5n4)c4ccccc34)nc12.c1cnc2c(c1)ccc1ccc(-c3ccc(-c4ccc5cc(-c6ccc7nc(-c8ccc9ccc%10cccc%11ccc8c9c%10%11)ccc7c6)ccc5n4)c4ccccc34)nc12. The molecule has 0 aliphatic rings. The van der Waals surface area contributed by atoms with E-state index in [1.165, 1.54) is 64.6 Å². The molecule has 0 spiro atoms. The van der Waals surface area contributed by atoms with E-state index in [2.05, 4.69) is 386 Å². The van der Waals surface area contributed by atoms with Crippen LogP contribution in [0.25, 0.3) is 263 Å². The van der Waals surface area contributed by atoms with Crippen LogP contribution >= 0.6 is 0 Å². The quantitative estimate of drug-likeness (QED) is 0.139. The number of aromatic nitrogens is 8. The molecule has 0 radical (unpaired) electrons. The van der Waals surface area contributed by atoms with Crippen molar-refractivity contribution in [3.63, 3.8) is 0 Å². The molecule has 0 saturated heterocycles. The number of pyridine rings is 8. The van der Waals surface area contributed by atoms with Crippen molar-refractivity contribution >= 4 is 173 Å². The van der Waals surface area contributed by atoms with Crippen molar-refractivity contribution in [3.8, 4) is 89.8 Å². The molecule has 122 heavy (non-hydrogen) atoms. The molecule has 0 aliphatic heterocycles. The molecule has 26 rings (SSSR count). The van der Waals surface area contributed by atoms with Gasteiger partial charge in [0.05, 0.1) is 78.3 Å². The number of benzene rings is 18. The van der Waals surface area contributed by atoms with Crippen molar-refractivity contribution in [1.29, 1.82) is 0 Å². The molecule has 18 aromatic carbocycles. The first kappa shape index (κ1) is 68.8. The van der Waals surface area contributed by atoms with Gasteiger partial charge >= 0.3 is 0 Å². The Balaban J connectivity index is 0.000000134. The zero-order valence-corrected chi connectivity index (χ0v) is 65.7. The molecule has 0 bridgehead atoms. The molecule has 8 heteroatoms. The Labute approximate surface area is 699 Å². The molecular weight excluding hydrogens is 1480 g/mol. The van der Waals surface area contributed by atoms with E-state index in [1.807, 2.05) is 24.5 Å². The van der Waals surface area contributed by atoms with Gasteiger partial charge in [0, 0.05) is 88.9 Å². The van der Waals surface area contributed by atoms with Crippen LogP contribution in [0, 0.1) is 0 Å². The predicted molar refractivity (Wildman–Crippen MR) is 510 cm³/mol. The molecule has 562 valence electrons. The number of rotatable bonds is 8. The fourth-order valence-electron chi connectivity index (χ4n) is 19.1. The first-order valence-corrected chi connectivity index (χ1v) is 41.4. The number of hydrogen-bond acceptors (Lipinski definition) is 8. The average molecular weight is 1550 g/mol. The van der Waals surface area contributed by atoms with E-state index in [1.54, 1.807) is 0 Å². The van der Waals surface area contributed by atoms with Crippen molar-refractivity contribution in [2.24, 2.45) is 0 Å². The van der Waals surface area contributed by atoms with E-state index in [0.29, 0.717) is 0 Å². The van der Waals surface area contributed by atoms with Gasteiger partial charge in [-0.2, -0.15) is 0 Å². The molecule has 26 aromatic rings. The fourth-order valence-corrected chi connectivity index (χ4v) is 19.1. The van der Waals surface area contributed by atoms with E-state index in [9.17, 15) is 0 Å². The lowest BCUT2D eigenvalue weighted by Crippen LogP contribution is -1.92. The van der Waals surface area contributed by atoms with Gasteiger partial charge in [-0.3, -0.25) is 9.97 Å². The highest BCUT2D eigenvalue weighted by atomic mass is 14.8. The molecule has 8 nitrogen and oxygen atoms in total. The third-order valence-electron chi connectivity index (χ3n) is 25.1. The molecule has 0 aliphatic carbocycles. The lowest BCUT2D eigenvalue weighted by Gasteiger charge is -2.14. The smallest absolute Gasteiger partial charge is 0.0972 e. The Morgan fingerprint density at radius 2 is 0.418 bits per heavy atom. The summed E-state index contributed by atoms with van der Waals surface area (Å²) in [6, 6.07) is 139. The van der Waals surface area contributed by atoms with Gasteiger partial charge < -0.3 is 0 Å². The maximum Gasteiger partial charge on any atom is 0.0972 e. The number of nitrogens with zero attached hydrogens (tertiary/aromatic N) is 8. The summed E-state index contributed by atoms with van der Waals surface area (Å²) in [5.74, 6) is 0. The van der Waals surface area contributed by atoms with E-state index < -0.39 is 0 Å². The summed E-state index contributed by atoms with van der Waals surface area (Å²) in [6.07, 6.45) is 3.67. The second kappa shape index (κ2) is 27.6. The minimum Gasteiger partial charge on any atom is -0.254 e. The standard InChI is InChI=1S/C58H34N4.C56H32N4/c1-2-11-44-42(9-1)43-10-3-6-14-47(43)51-34-41(17-23-48(44)51)54-28-21-39-32-37(19-26-52(39)60-54)38-20-27-53-40(33-38)22-30-55(61-53)49-24-25-50(46-13-5-4-12-45(46)49)56-29-18-36-16-15-35-8-7-31-59-57(35)58(36)62-56;1-2-9-43-42(8-1)44(23-24-45(43)52-27-16-37-13-12-36-7-4-30-57-55(36)56(37)60-52)50-28-19-40-31-38(17-25-48(40)58-50)39-18-26-49-41(32-39)20-29-51(59-49)46-21-14-35-11-10-33-5-3-6-34-15-22-47(46)54(35)53(33)34/h1-34H;1-32H. The minimum absolute atomic E-state index is 0.916. The van der Waals surface area contributed by atoms with Crippen LogP contribution < -0.4 is 0 Å². The largest absolute Gasteiger partial charge is 0.254 e. The van der Waals surface area contributed by atoms with Gasteiger partial charge in [0.1, 0.15) is 0 Å². The average Bonchev–Trinajstić information content (AvgIpc) is 0.794. The lowest BCUT2D eigenvalue weighted by molar-refractivity contribution is 1.37. The monoisotopic (exact) mass is 1550 g/mol. The Bertz CT molecular complexity index is 8890. The molecule has 8 heterocycles. The molecule has 0 amide bonds. The van der Waals surface area contributed by atoms with Gasteiger partial charge in [-0.05, 0) is 212 Å². The van der Waals surface area contributed by atoms with Crippen molar-refractivity contribution in [2.75, 3.05) is 0 Å². The zero-order chi connectivity index (χ0) is 80.0. The van der Waals surface area contributed by atoms with Gasteiger partial charge in [0.2, 0.25) is 0 Å². The van der Waals surface area contributed by atoms with Crippen molar-refractivity contribution in [1.82, 2.24) is 39.9 Å². The molecule has 0 unspecified atom stereocenters. The van der Waals surface area contributed by atoms with Crippen LogP contribution in [0.3, 0.4) is 0 Å². The van der Waals surface area contributed by atoms with Gasteiger partial charge in [0.25, 0.3) is 0 Å². The number of fused-ring (bicyclic) bond motifs is 18. The Kier molecular flexibility index (Phi) is 15.6. The van der Waals surface area contributed by atoms with E-state index in [-0.39, 0.29) is 0 Å². The first-order chi connectivity index (χ1) is 60.4. The van der Waals surface area contributed by atoms with Crippen molar-refractivity contribution in [2.45, 2.75) is 0 Å². The molecule has 0 fully saturated rings. The third-order valence-corrected chi connectivity index (χ3v) is 25.1. The summed E-state index contributed by atoms with van der Waals surface area (Å²) in [7, 11) is 0. The van der Waals surface area contributed by atoms with Crippen LogP contribution in [-0.4, -0.2) is 39.9 Å². The summed E-state index contributed by atoms with van der Waals surface area (Å²) in [5.41, 5.74) is 24.5. The highest BCUT2D eigenvalue weighted by molar-refractivity contribution is 6.27. The van der Waals surface area contributed by atoms with E-state index in [0.717, 1.165) is 199 Å². The second-order valence-corrected chi connectivity index (χ2v) is 32.0. The normalized spacial score (nSPS) is 11.9. The van der Waals surface area contributed by atoms with Gasteiger partial charge in [-0.15, -0.1) is 0 Å². The summed E-state index contributed by atoms with van der Waals surface area (Å²) in [4.78, 5) is 40.5. The number of hydrogen-bond donors (Lipinski definition) is 0. The summed E-state index contributed by atoms with van der Waals surface area (Å²) >= 11 is 0. The van der Waals surface area contributed by atoms with Crippen LogP contribution in [0.5, 0.6) is 0 Å². The summed E-state index contributed by atoms with van der Waals surface area (Å²) in [5, 5.41) is 28.6. The maximum atomic E-state index is 5.21. The molecule has 0 atom stereocenters. The van der Waals surface area contributed by atoms with Crippen LogP contribution in [0.4, 0.5) is 0 Å². The van der Waals surface area contributed by atoms with Gasteiger partial charge in [0.15, 0.2) is 0 Å². The minimum atomic E-state index is 0.916. The van der Waals surface area contributed by atoms with E-state index >= 15 is 0 Å². The Hall–Kier alpha value is -16.4. The first-order valence-electron chi connectivity index (χ1n) is 41.4. The topological polar surface area (TPSA) is 103 Å². The second-order valence-electron chi connectivity index (χ2n) is 32.0. The Morgan fingerprint density at radius 3 is 0.844 bits per heavy atom. The molecule has 0 saturated carbocycles. The predicted octanol–water partition coefficient (Wildman–Crippen LogP) is 29.8. The summed E-state index contributed by atoms with van der Waals surface area (Å²) < 4.78 is 0. The molecular formula is C114H66N8. The van der Waals surface area contributed by atoms with Crippen LogP contribution in [0.2, 0.25) is 0 Å². The highest BCUT2D eigenvalue weighted by Gasteiger charge is 2.21. The lowest BCUT2D eigenvalue weighted by atomic mass is 9.91. The summed E-state index contributed by atoms with van der Waals surface area (Å²) in [6.45, 7) is 0. The van der Waals surface area contributed by atoms with Crippen molar-refractivity contribution in [3.05, 3.63) is 401 Å². The van der Waals surface area contributed by atoms with Gasteiger partial charge in [-0.25, -0.2) is 29.9 Å².